The van der Waals surface area contributed by atoms with Gasteiger partial charge < -0.3 is 15.1 Å². The summed E-state index contributed by atoms with van der Waals surface area (Å²) in [5.41, 5.74) is 2.79. The Morgan fingerprint density at radius 3 is 2.80 bits per heavy atom. The van der Waals surface area contributed by atoms with Gasteiger partial charge in [-0.25, -0.2) is 18.3 Å². The van der Waals surface area contributed by atoms with Gasteiger partial charge in [-0.1, -0.05) is 53.2 Å². The molecule has 0 spiro atoms. The predicted octanol–water partition coefficient (Wildman–Crippen LogP) is 2.29. The number of anilines is 1. The summed E-state index contributed by atoms with van der Waals surface area (Å²) in [7, 11) is -3.93. The first-order valence-corrected chi connectivity index (χ1v) is 11.5. The van der Waals surface area contributed by atoms with Gasteiger partial charge in [0.05, 0.1) is 0 Å². The second-order valence-electron chi connectivity index (χ2n) is 6.93. The second-order valence-corrected chi connectivity index (χ2v) is 9.63. The van der Waals surface area contributed by atoms with E-state index in [1.165, 1.54) is 6.08 Å². The zero-order chi connectivity index (χ0) is 21.3. The Labute approximate surface area is 181 Å². The van der Waals surface area contributed by atoms with Crippen LogP contribution in [0, 0.1) is 0 Å². The Morgan fingerprint density at radius 2 is 2.10 bits per heavy atom. The molecule has 0 radical (unpaired) electrons. The number of allylic oxidation sites excluding steroid dienone is 2. The van der Waals surface area contributed by atoms with Gasteiger partial charge in [0, 0.05) is 29.2 Å². The fourth-order valence-corrected chi connectivity index (χ4v) is 5.00. The molecule has 0 unspecified atom stereocenters. The van der Waals surface area contributed by atoms with E-state index in [-0.39, 0.29) is 10.9 Å². The summed E-state index contributed by atoms with van der Waals surface area (Å²) in [5, 5.41) is 12.3. The topological polar surface area (TPSA) is 129 Å². The normalized spacial score (nSPS) is 17.8. The van der Waals surface area contributed by atoms with E-state index in [0.717, 1.165) is 21.3 Å². The zero-order valence-electron chi connectivity index (χ0n) is 16.0. The average molecular weight is 494 g/mol. The molecule has 2 aliphatic rings. The van der Waals surface area contributed by atoms with E-state index in [1.54, 1.807) is 6.08 Å². The fourth-order valence-electron chi connectivity index (χ4n) is 3.45. The number of fused-ring (bicyclic) bond motifs is 1. The monoisotopic (exact) mass is 493 g/mol. The number of para-hydroxylation sites is 1. The summed E-state index contributed by atoms with van der Waals surface area (Å²) in [6.07, 6.45) is 7.16. The quantitative estimate of drug-likeness (QED) is 0.485. The molecular formula is C19H20BrN5O4S. The van der Waals surface area contributed by atoms with Crippen LogP contribution in [0.2, 0.25) is 0 Å². The van der Waals surface area contributed by atoms with Crippen molar-refractivity contribution in [3.05, 3.63) is 73.5 Å². The highest BCUT2D eigenvalue weighted by atomic mass is 79.9. The molecule has 0 aliphatic carbocycles. The third-order valence-corrected chi connectivity index (χ3v) is 6.92. The SMILES string of the molecule is C[C@H](c1cccc2c1NCC=C2)[C@H](NS(=O)(=O)C1=CC=C(Br)CN1)c1n[nH]c(=O)o1. The largest absolute Gasteiger partial charge is 0.434 e. The third-order valence-electron chi connectivity index (χ3n) is 4.95. The van der Waals surface area contributed by atoms with E-state index in [4.69, 9.17) is 4.42 Å². The number of rotatable bonds is 6. The van der Waals surface area contributed by atoms with Gasteiger partial charge in [0.25, 0.3) is 10.0 Å². The Balaban J connectivity index is 1.73. The molecule has 11 heteroatoms. The Kier molecular flexibility index (Phi) is 5.67. The minimum Gasteiger partial charge on any atom is -0.391 e. The number of aromatic nitrogens is 2. The van der Waals surface area contributed by atoms with Crippen LogP contribution in [0.25, 0.3) is 6.08 Å². The summed E-state index contributed by atoms with van der Waals surface area (Å²) in [5.74, 6) is -1.18. The number of H-pyrrole nitrogens is 1. The lowest BCUT2D eigenvalue weighted by Crippen LogP contribution is -2.37. The number of nitrogens with one attached hydrogen (secondary N) is 4. The Morgan fingerprint density at radius 1 is 1.27 bits per heavy atom. The van der Waals surface area contributed by atoms with Crippen molar-refractivity contribution >= 4 is 37.7 Å². The average Bonchev–Trinajstić information content (AvgIpc) is 3.17. The first-order valence-electron chi connectivity index (χ1n) is 9.26. The summed E-state index contributed by atoms with van der Waals surface area (Å²) in [6, 6.07) is 4.88. The van der Waals surface area contributed by atoms with Crippen LogP contribution in [0.5, 0.6) is 0 Å². The maximum Gasteiger partial charge on any atom is 0.434 e. The highest BCUT2D eigenvalue weighted by Crippen LogP contribution is 2.37. The molecule has 9 nitrogen and oxygen atoms in total. The maximum absolute atomic E-state index is 13.0. The summed E-state index contributed by atoms with van der Waals surface area (Å²) in [6.45, 7) is 2.88. The minimum absolute atomic E-state index is 0.0249. The summed E-state index contributed by atoms with van der Waals surface area (Å²) >= 11 is 3.32. The van der Waals surface area contributed by atoms with Crippen LogP contribution in [0.1, 0.15) is 35.9 Å². The molecule has 4 N–H and O–H groups in total. The van der Waals surface area contributed by atoms with E-state index >= 15 is 0 Å². The molecule has 1 aromatic carbocycles. The predicted molar refractivity (Wildman–Crippen MR) is 117 cm³/mol. The van der Waals surface area contributed by atoms with E-state index < -0.39 is 27.7 Å². The van der Waals surface area contributed by atoms with Gasteiger partial charge in [-0.3, -0.25) is 0 Å². The first kappa shape index (κ1) is 20.6. The molecule has 0 fully saturated rings. The van der Waals surface area contributed by atoms with E-state index in [9.17, 15) is 13.2 Å². The number of benzene rings is 1. The standard InChI is InChI=1S/C19H20BrN5O4S/c1-11(14-6-2-4-12-5-3-9-21-17(12)14)16(18-23-24-19(26)29-18)25-30(27,28)15-8-7-13(20)10-22-15/h2-8,11,16,21-22,25H,9-10H2,1H3,(H,24,26)/t11-,16+/m1/s1. The fraction of sp³-hybridized carbons (Fsp3) is 0.263. The molecule has 3 heterocycles. The number of halogens is 1. The molecule has 2 atom stereocenters. The van der Waals surface area contributed by atoms with E-state index in [0.29, 0.717) is 13.1 Å². The van der Waals surface area contributed by atoms with Gasteiger partial charge >= 0.3 is 5.76 Å². The molecule has 2 aliphatic heterocycles. The molecule has 0 saturated heterocycles. The molecule has 0 bridgehead atoms. The van der Waals surface area contributed by atoms with E-state index in [1.807, 2.05) is 37.3 Å². The van der Waals surface area contributed by atoms with Crippen molar-refractivity contribution in [1.29, 1.82) is 0 Å². The van der Waals surface area contributed by atoms with Crippen molar-refractivity contribution in [3.8, 4) is 0 Å². The van der Waals surface area contributed by atoms with Gasteiger partial charge in [-0.15, -0.1) is 5.10 Å². The number of sulfonamides is 1. The lowest BCUT2D eigenvalue weighted by atomic mass is 9.89. The molecule has 1 aromatic heterocycles. The molecule has 0 amide bonds. The summed E-state index contributed by atoms with van der Waals surface area (Å²) < 4.78 is 34.7. The highest BCUT2D eigenvalue weighted by Gasteiger charge is 2.33. The molecule has 0 saturated carbocycles. The third kappa shape index (κ3) is 4.13. The van der Waals surface area contributed by atoms with Crippen molar-refractivity contribution in [3.63, 3.8) is 0 Å². The van der Waals surface area contributed by atoms with Crippen LogP contribution in [0.4, 0.5) is 5.69 Å². The van der Waals surface area contributed by atoms with Crippen LogP contribution >= 0.6 is 15.9 Å². The van der Waals surface area contributed by atoms with Crippen molar-refractivity contribution in [2.75, 3.05) is 18.4 Å². The molecule has 4 rings (SSSR count). The van der Waals surface area contributed by atoms with Gasteiger partial charge in [-0.05, 0) is 23.3 Å². The van der Waals surface area contributed by atoms with E-state index in [2.05, 4.69) is 41.5 Å². The zero-order valence-corrected chi connectivity index (χ0v) is 18.4. The first-order chi connectivity index (χ1) is 14.3. The highest BCUT2D eigenvalue weighted by molar-refractivity contribution is 9.11. The van der Waals surface area contributed by atoms with Gasteiger partial charge in [0.2, 0.25) is 5.89 Å². The number of hydrogen-bond acceptors (Lipinski definition) is 7. The van der Waals surface area contributed by atoms with Crippen molar-refractivity contribution in [2.24, 2.45) is 0 Å². The van der Waals surface area contributed by atoms with Crippen molar-refractivity contribution < 1.29 is 12.8 Å². The number of nitrogens with zero attached hydrogens (tertiary/aromatic N) is 1. The number of hydrogen-bond donors (Lipinski definition) is 4. The van der Waals surface area contributed by atoms with Crippen molar-refractivity contribution in [2.45, 2.75) is 18.9 Å². The number of aromatic amines is 1. The second kappa shape index (κ2) is 8.25. The Hall–Kier alpha value is -2.63. The molecule has 30 heavy (non-hydrogen) atoms. The van der Waals surface area contributed by atoms with Gasteiger partial charge in [0.1, 0.15) is 11.1 Å². The van der Waals surface area contributed by atoms with Crippen LogP contribution < -0.4 is 21.1 Å². The minimum atomic E-state index is -3.93. The van der Waals surface area contributed by atoms with Crippen LogP contribution in [-0.4, -0.2) is 31.7 Å². The molecule has 2 aromatic rings. The van der Waals surface area contributed by atoms with Crippen LogP contribution in [0.3, 0.4) is 0 Å². The molecule has 158 valence electrons. The van der Waals surface area contributed by atoms with Gasteiger partial charge in [-0.2, -0.15) is 4.72 Å². The molecular weight excluding hydrogens is 474 g/mol. The van der Waals surface area contributed by atoms with Crippen molar-refractivity contribution in [1.82, 2.24) is 20.2 Å². The lowest BCUT2D eigenvalue weighted by Gasteiger charge is -2.27. The number of dihydropyridines is 1. The lowest BCUT2D eigenvalue weighted by molar-refractivity contribution is 0.382. The smallest absolute Gasteiger partial charge is 0.391 e. The maximum atomic E-state index is 13.0. The van der Waals surface area contributed by atoms with Gasteiger partial charge in [0.15, 0.2) is 0 Å². The Bertz CT molecular complexity index is 1210. The van der Waals surface area contributed by atoms with Crippen LogP contribution in [-0.2, 0) is 10.0 Å². The van der Waals surface area contributed by atoms with Crippen LogP contribution in [0.15, 0.2) is 55.2 Å². The summed E-state index contributed by atoms with van der Waals surface area (Å²) in [4.78, 5) is 11.6.